The number of carbonyl (C=O) groups excluding carboxylic acids is 2. The minimum atomic E-state index is -4.59. The number of phosphoric acid groups is 1. The van der Waals surface area contributed by atoms with Crippen molar-refractivity contribution in [1.82, 2.24) is 0 Å². The van der Waals surface area contributed by atoms with Gasteiger partial charge in [-0.1, -0.05) is 90.9 Å². The Kier molecular flexibility index (Phi) is 22.2. The predicted molar refractivity (Wildman–Crippen MR) is 148 cm³/mol. The van der Waals surface area contributed by atoms with E-state index in [1.165, 1.54) is 38.5 Å². The summed E-state index contributed by atoms with van der Waals surface area (Å²) >= 11 is 0. The fourth-order valence-corrected chi connectivity index (χ4v) is 4.44. The SMILES string of the molecule is CCCCCCCCCCC(=O)OCC(COP(=O)([O-])OCC[N+](C)(C)C)OC(=O)CCCCCCCC. The molecule has 0 bridgehead atoms. The molecule has 0 spiro atoms. The molecule has 0 saturated carbocycles. The van der Waals surface area contributed by atoms with Gasteiger partial charge in [-0.05, 0) is 12.8 Å². The largest absolute Gasteiger partial charge is 0.756 e. The van der Waals surface area contributed by atoms with Gasteiger partial charge in [0.25, 0.3) is 7.82 Å². The zero-order valence-electron chi connectivity index (χ0n) is 24.9. The molecule has 0 N–H and O–H groups in total. The molecule has 38 heavy (non-hydrogen) atoms. The number of esters is 2. The second kappa shape index (κ2) is 22.8. The molecule has 0 aromatic heterocycles. The Morgan fingerprint density at radius 1 is 0.711 bits per heavy atom. The van der Waals surface area contributed by atoms with E-state index in [9.17, 15) is 19.0 Å². The molecule has 9 nitrogen and oxygen atoms in total. The first-order valence-corrected chi connectivity index (χ1v) is 16.2. The summed E-state index contributed by atoms with van der Waals surface area (Å²) in [6.45, 7) is 4.08. The monoisotopic (exact) mass is 565 g/mol. The van der Waals surface area contributed by atoms with Crippen molar-refractivity contribution in [2.24, 2.45) is 0 Å². The van der Waals surface area contributed by atoms with Crippen LogP contribution in [0.5, 0.6) is 0 Å². The first kappa shape index (κ1) is 37.0. The van der Waals surface area contributed by atoms with Crippen LogP contribution in [0.25, 0.3) is 0 Å². The highest BCUT2D eigenvalue weighted by atomic mass is 31.2. The number of nitrogens with zero attached hydrogens (tertiary/aromatic N) is 1. The first-order chi connectivity index (χ1) is 18.0. The van der Waals surface area contributed by atoms with E-state index >= 15 is 0 Å². The van der Waals surface area contributed by atoms with Gasteiger partial charge in [0.15, 0.2) is 6.10 Å². The highest BCUT2D eigenvalue weighted by Gasteiger charge is 2.21. The van der Waals surface area contributed by atoms with Crippen molar-refractivity contribution in [3.63, 3.8) is 0 Å². The number of unbranched alkanes of at least 4 members (excludes halogenated alkanes) is 12. The number of ether oxygens (including phenoxy) is 2. The Labute approximate surface area is 232 Å². The molecule has 0 heterocycles. The van der Waals surface area contributed by atoms with Gasteiger partial charge in [0.1, 0.15) is 19.8 Å². The van der Waals surface area contributed by atoms with Crippen molar-refractivity contribution >= 4 is 19.8 Å². The zero-order valence-corrected chi connectivity index (χ0v) is 25.8. The number of rotatable bonds is 26. The minimum absolute atomic E-state index is 0.0274. The van der Waals surface area contributed by atoms with E-state index in [0.29, 0.717) is 17.4 Å². The van der Waals surface area contributed by atoms with Crippen LogP contribution >= 0.6 is 7.82 Å². The summed E-state index contributed by atoms with van der Waals surface area (Å²) in [6.07, 6.45) is 14.6. The van der Waals surface area contributed by atoms with E-state index in [2.05, 4.69) is 13.8 Å². The van der Waals surface area contributed by atoms with Gasteiger partial charge in [-0.25, -0.2) is 0 Å². The lowest BCUT2D eigenvalue weighted by Crippen LogP contribution is -2.37. The Bertz CT molecular complexity index is 653. The van der Waals surface area contributed by atoms with E-state index in [1.54, 1.807) is 0 Å². The molecule has 2 atom stereocenters. The zero-order chi connectivity index (χ0) is 28.7. The second-order valence-corrected chi connectivity index (χ2v) is 12.5. The van der Waals surface area contributed by atoms with Gasteiger partial charge in [-0.15, -0.1) is 0 Å². The third kappa shape index (κ3) is 25.3. The number of quaternary nitrogens is 1. The molecule has 10 heteroatoms. The van der Waals surface area contributed by atoms with Crippen LogP contribution in [-0.4, -0.2) is 70.0 Å². The Hall–Kier alpha value is -0.990. The van der Waals surface area contributed by atoms with Gasteiger partial charge in [-0.2, -0.15) is 0 Å². The van der Waals surface area contributed by atoms with Crippen LogP contribution in [0, 0.1) is 0 Å². The average molecular weight is 566 g/mol. The molecule has 0 aromatic rings. The average Bonchev–Trinajstić information content (AvgIpc) is 2.83. The Morgan fingerprint density at radius 2 is 1.18 bits per heavy atom. The van der Waals surface area contributed by atoms with Crippen molar-refractivity contribution < 1.29 is 42.1 Å². The fourth-order valence-electron chi connectivity index (χ4n) is 3.71. The summed E-state index contributed by atoms with van der Waals surface area (Å²) in [5.74, 6) is -0.850. The van der Waals surface area contributed by atoms with Crippen molar-refractivity contribution in [3.05, 3.63) is 0 Å². The third-order valence-corrected chi connectivity index (χ3v) is 7.09. The van der Waals surface area contributed by atoms with Gasteiger partial charge >= 0.3 is 11.9 Å². The maximum atomic E-state index is 12.3. The lowest BCUT2D eigenvalue weighted by Gasteiger charge is -2.28. The van der Waals surface area contributed by atoms with Crippen molar-refractivity contribution in [2.75, 3.05) is 47.5 Å². The number of hydrogen-bond donors (Lipinski definition) is 0. The number of phosphoric ester groups is 1. The summed E-state index contributed by atoms with van der Waals surface area (Å²) < 4.78 is 33.3. The van der Waals surface area contributed by atoms with Crippen LogP contribution in [0.1, 0.15) is 117 Å². The lowest BCUT2D eigenvalue weighted by molar-refractivity contribution is -0.870. The van der Waals surface area contributed by atoms with Crippen LogP contribution in [0.3, 0.4) is 0 Å². The molecule has 0 radical (unpaired) electrons. The van der Waals surface area contributed by atoms with Gasteiger partial charge in [-0.3, -0.25) is 14.2 Å². The molecule has 0 aliphatic heterocycles. The summed E-state index contributed by atoms with van der Waals surface area (Å²) in [6, 6.07) is 0. The highest BCUT2D eigenvalue weighted by molar-refractivity contribution is 7.45. The van der Waals surface area contributed by atoms with E-state index < -0.39 is 32.5 Å². The van der Waals surface area contributed by atoms with E-state index in [-0.39, 0.29) is 26.1 Å². The quantitative estimate of drug-likeness (QED) is 0.0549. The van der Waals surface area contributed by atoms with Gasteiger partial charge in [0.05, 0.1) is 27.7 Å². The summed E-state index contributed by atoms with van der Waals surface area (Å²) in [4.78, 5) is 36.7. The molecule has 0 fully saturated rings. The van der Waals surface area contributed by atoms with Crippen LogP contribution in [0.15, 0.2) is 0 Å². The molecule has 0 saturated heterocycles. The van der Waals surface area contributed by atoms with Crippen LogP contribution in [0.4, 0.5) is 0 Å². The first-order valence-electron chi connectivity index (χ1n) is 14.7. The molecule has 2 unspecified atom stereocenters. The molecule has 226 valence electrons. The van der Waals surface area contributed by atoms with Crippen molar-refractivity contribution in [2.45, 2.75) is 123 Å². The van der Waals surface area contributed by atoms with E-state index in [4.69, 9.17) is 18.5 Å². The van der Waals surface area contributed by atoms with Crippen molar-refractivity contribution in [3.8, 4) is 0 Å². The second-order valence-electron chi connectivity index (χ2n) is 11.1. The van der Waals surface area contributed by atoms with Crippen LogP contribution in [-0.2, 0) is 32.7 Å². The van der Waals surface area contributed by atoms with Crippen LogP contribution in [0.2, 0.25) is 0 Å². The number of likely N-dealkylation sites (N-methyl/N-ethyl adjacent to an activating group) is 1. The third-order valence-electron chi connectivity index (χ3n) is 6.13. The summed E-state index contributed by atoms with van der Waals surface area (Å²) in [5.41, 5.74) is 0. The van der Waals surface area contributed by atoms with Gasteiger partial charge in [0.2, 0.25) is 0 Å². The number of hydrogen-bond acceptors (Lipinski definition) is 8. The van der Waals surface area contributed by atoms with Crippen molar-refractivity contribution in [1.29, 1.82) is 0 Å². The molecule has 0 rings (SSSR count). The number of carbonyl (C=O) groups is 2. The maximum absolute atomic E-state index is 12.3. The maximum Gasteiger partial charge on any atom is 0.306 e. The Balaban J connectivity index is 4.55. The van der Waals surface area contributed by atoms with E-state index in [0.717, 1.165) is 44.9 Å². The summed E-state index contributed by atoms with van der Waals surface area (Å²) in [5, 5.41) is 0. The smallest absolute Gasteiger partial charge is 0.306 e. The topological polar surface area (TPSA) is 111 Å². The normalized spacial score (nSPS) is 14.2. The predicted octanol–water partition coefficient (Wildman–Crippen LogP) is 5.93. The molecule has 0 aromatic carbocycles. The standard InChI is InChI=1S/C28H56NO8P/c1-6-8-10-12-14-15-17-18-20-27(30)34-24-26(37-28(31)21-19-16-13-11-9-7-2)25-36-38(32,33)35-23-22-29(3,4)5/h26H,6-25H2,1-5H3. The van der Waals surface area contributed by atoms with Crippen LogP contribution < -0.4 is 4.89 Å². The highest BCUT2D eigenvalue weighted by Crippen LogP contribution is 2.38. The molecule has 0 aliphatic carbocycles. The lowest BCUT2D eigenvalue weighted by atomic mass is 10.1. The van der Waals surface area contributed by atoms with Gasteiger partial charge in [0, 0.05) is 12.8 Å². The fraction of sp³-hybridized carbons (Fsp3) is 0.929. The molecule has 0 amide bonds. The Morgan fingerprint density at radius 3 is 1.68 bits per heavy atom. The molecular formula is C28H56NO8P. The van der Waals surface area contributed by atoms with Gasteiger partial charge < -0.3 is 27.9 Å². The summed E-state index contributed by atoms with van der Waals surface area (Å²) in [7, 11) is 1.17. The minimum Gasteiger partial charge on any atom is -0.756 e. The molecule has 0 aliphatic rings. The molecular weight excluding hydrogens is 509 g/mol. The van der Waals surface area contributed by atoms with E-state index in [1.807, 2.05) is 21.1 Å².